The summed E-state index contributed by atoms with van der Waals surface area (Å²) < 4.78 is 0. The van der Waals surface area contributed by atoms with Crippen LogP contribution >= 0.6 is 0 Å². The standard InChI is InChI=1S/C14H19N3/c15-9-8-11-4-6-13(7-5-11)17-14-3-1-2-12(16)10-14/h4-7,12,14,17H,1-3,8,10,16H2. The number of nitriles is 1. The molecule has 0 radical (unpaired) electrons. The largest absolute Gasteiger partial charge is 0.382 e. The Kier molecular flexibility index (Phi) is 4.00. The number of nitrogens with zero attached hydrogens (tertiary/aromatic N) is 1. The van der Waals surface area contributed by atoms with E-state index in [9.17, 15) is 0 Å². The molecule has 0 bridgehead atoms. The van der Waals surface area contributed by atoms with Crippen LogP contribution < -0.4 is 11.1 Å². The first kappa shape index (κ1) is 11.9. The molecule has 1 aliphatic rings. The van der Waals surface area contributed by atoms with Crippen LogP contribution in [-0.2, 0) is 6.42 Å². The first-order chi connectivity index (χ1) is 8.28. The molecular weight excluding hydrogens is 210 g/mol. The molecule has 2 rings (SSSR count). The Balaban J connectivity index is 1.92. The first-order valence-corrected chi connectivity index (χ1v) is 6.26. The van der Waals surface area contributed by atoms with Crippen molar-refractivity contribution >= 4 is 5.69 Å². The number of benzene rings is 1. The summed E-state index contributed by atoms with van der Waals surface area (Å²) in [6.45, 7) is 0. The van der Waals surface area contributed by atoms with Crippen molar-refractivity contribution in [1.29, 1.82) is 5.26 Å². The van der Waals surface area contributed by atoms with E-state index in [2.05, 4.69) is 11.4 Å². The molecule has 0 aliphatic heterocycles. The molecule has 3 N–H and O–H groups in total. The monoisotopic (exact) mass is 229 g/mol. The molecule has 3 nitrogen and oxygen atoms in total. The fraction of sp³-hybridized carbons (Fsp3) is 0.500. The van der Waals surface area contributed by atoms with Crippen LogP contribution in [0.15, 0.2) is 24.3 Å². The average molecular weight is 229 g/mol. The van der Waals surface area contributed by atoms with Gasteiger partial charge in [0, 0.05) is 17.8 Å². The van der Waals surface area contributed by atoms with Gasteiger partial charge in [-0.3, -0.25) is 0 Å². The highest BCUT2D eigenvalue weighted by Crippen LogP contribution is 2.21. The van der Waals surface area contributed by atoms with Gasteiger partial charge in [0.2, 0.25) is 0 Å². The molecule has 90 valence electrons. The van der Waals surface area contributed by atoms with Crippen LogP contribution in [0.1, 0.15) is 31.2 Å². The molecule has 17 heavy (non-hydrogen) atoms. The van der Waals surface area contributed by atoms with E-state index in [1.165, 1.54) is 12.8 Å². The van der Waals surface area contributed by atoms with Gasteiger partial charge in [-0.25, -0.2) is 0 Å². The van der Waals surface area contributed by atoms with Crippen LogP contribution in [0, 0.1) is 11.3 Å². The SMILES string of the molecule is N#CCc1ccc(NC2CCCC(N)C2)cc1. The summed E-state index contributed by atoms with van der Waals surface area (Å²) in [6, 6.07) is 11.1. The molecule has 0 spiro atoms. The number of hydrogen-bond acceptors (Lipinski definition) is 3. The molecule has 0 aromatic heterocycles. The topological polar surface area (TPSA) is 61.8 Å². The van der Waals surface area contributed by atoms with E-state index < -0.39 is 0 Å². The number of hydrogen-bond donors (Lipinski definition) is 2. The maximum absolute atomic E-state index is 8.60. The van der Waals surface area contributed by atoms with Gasteiger partial charge in [-0.05, 0) is 43.4 Å². The van der Waals surface area contributed by atoms with Gasteiger partial charge in [0.15, 0.2) is 0 Å². The number of anilines is 1. The Morgan fingerprint density at radius 2 is 2.06 bits per heavy atom. The quantitative estimate of drug-likeness (QED) is 0.836. The fourth-order valence-corrected chi connectivity index (χ4v) is 2.40. The summed E-state index contributed by atoms with van der Waals surface area (Å²) in [7, 11) is 0. The van der Waals surface area contributed by atoms with Gasteiger partial charge in [0.1, 0.15) is 0 Å². The summed E-state index contributed by atoms with van der Waals surface area (Å²) in [5.74, 6) is 0. The maximum atomic E-state index is 8.60. The van der Waals surface area contributed by atoms with Crippen molar-refractivity contribution in [2.24, 2.45) is 5.73 Å². The molecular formula is C14H19N3. The van der Waals surface area contributed by atoms with Gasteiger partial charge >= 0.3 is 0 Å². The van der Waals surface area contributed by atoms with Crippen molar-refractivity contribution in [2.75, 3.05) is 5.32 Å². The predicted molar refractivity (Wildman–Crippen MR) is 69.6 cm³/mol. The second-order valence-electron chi connectivity index (χ2n) is 4.80. The van der Waals surface area contributed by atoms with Gasteiger partial charge in [-0.2, -0.15) is 5.26 Å². The lowest BCUT2D eigenvalue weighted by atomic mass is 9.91. The molecule has 1 aliphatic carbocycles. The van der Waals surface area contributed by atoms with Crippen LogP contribution in [0.2, 0.25) is 0 Å². The smallest absolute Gasteiger partial charge is 0.0669 e. The van der Waals surface area contributed by atoms with Crippen molar-refractivity contribution in [3.05, 3.63) is 29.8 Å². The Morgan fingerprint density at radius 1 is 1.29 bits per heavy atom. The fourth-order valence-electron chi connectivity index (χ4n) is 2.40. The second-order valence-corrected chi connectivity index (χ2v) is 4.80. The van der Waals surface area contributed by atoms with E-state index in [-0.39, 0.29) is 0 Å². The van der Waals surface area contributed by atoms with Crippen LogP contribution in [0.25, 0.3) is 0 Å². The van der Waals surface area contributed by atoms with Crippen molar-refractivity contribution in [3.8, 4) is 6.07 Å². The van der Waals surface area contributed by atoms with E-state index >= 15 is 0 Å². The Labute approximate surface area is 103 Å². The lowest BCUT2D eigenvalue weighted by Crippen LogP contribution is -2.34. The minimum Gasteiger partial charge on any atom is -0.382 e. The molecule has 0 amide bonds. The highest BCUT2D eigenvalue weighted by molar-refractivity contribution is 5.45. The zero-order valence-electron chi connectivity index (χ0n) is 10.0. The van der Waals surface area contributed by atoms with Gasteiger partial charge in [0.25, 0.3) is 0 Å². The van der Waals surface area contributed by atoms with E-state index in [1.54, 1.807) is 0 Å². The third-order valence-electron chi connectivity index (χ3n) is 3.32. The highest BCUT2D eigenvalue weighted by Gasteiger charge is 2.18. The zero-order valence-corrected chi connectivity index (χ0v) is 10.0. The lowest BCUT2D eigenvalue weighted by molar-refractivity contribution is 0.409. The van der Waals surface area contributed by atoms with Crippen molar-refractivity contribution in [2.45, 2.75) is 44.2 Å². The maximum Gasteiger partial charge on any atom is 0.0669 e. The summed E-state index contributed by atoms with van der Waals surface area (Å²) in [4.78, 5) is 0. The van der Waals surface area contributed by atoms with Crippen molar-refractivity contribution < 1.29 is 0 Å². The molecule has 1 aromatic rings. The first-order valence-electron chi connectivity index (χ1n) is 6.26. The van der Waals surface area contributed by atoms with Crippen molar-refractivity contribution in [1.82, 2.24) is 0 Å². The molecule has 2 unspecified atom stereocenters. The summed E-state index contributed by atoms with van der Waals surface area (Å²) in [6.07, 6.45) is 5.10. The summed E-state index contributed by atoms with van der Waals surface area (Å²) >= 11 is 0. The minimum atomic E-state index is 0.346. The third kappa shape index (κ3) is 3.47. The van der Waals surface area contributed by atoms with Gasteiger partial charge in [0.05, 0.1) is 12.5 Å². The van der Waals surface area contributed by atoms with Crippen LogP contribution in [0.3, 0.4) is 0 Å². The molecule has 2 atom stereocenters. The average Bonchev–Trinajstić information content (AvgIpc) is 2.32. The molecule has 1 aromatic carbocycles. The molecule has 0 saturated heterocycles. The molecule has 1 fully saturated rings. The van der Waals surface area contributed by atoms with Gasteiger partial charge in [-0.1, -0.05) is 12.1 Å². The number of nitrogens with one attached hydrogen (secondary N) is 1. The lowest BCUT2D eigenvalue weighted by Gasteiger charge is -2.28. The van der Waals surface area contributed by atoms with E-state index in [0.717, 1.165) is 24.1 Å². The van der Waals surface area contributed by atoms with E-state index in [4.69, 9.17) is 11.0 Å². The highest BCUT2D eigenvalue weighted by atomic mass is 14.9. The predicted octanol–water partition coefficient (Wildman–Crippen LogP) is 2.43. The van der Waals surface area contributed by atoms with Crippen LogP contribution in [0.5, 0.6) is 0 Å². The third-order valence-corrected chi connectivity index (χ3v) is 3.32. The van der Waals surface area contributed by atoms with Crippen molar-refractivity contribution in [3.63, 3.8) is 0 Å². The van der Waals surface area contributed by atoms with E-state index in [1.807, 2.05) is 24.3 Å². The van der Waals surface area contributed by atoms with Gasteiger partial charge < -0.3 is 11.1 Å². The molecule has 3 heteroatoms. The van der Waals surface area contributed by atoms with E-state index in [0.29, 0.717) is 18.5 Å². The molecule has 0 heterocycles. The normalized spacial score (nSPS) is 24.0. The number of nitrogens with two attached hydrogens (primary N) is 1. The van der Waals surface area contributed by atoms with Crippen LogP contribution in [0.4, 0.5) is 5.69 Å². The Morgan fingerprint density at radius 3 is 2.71 bits per heavy atom. The Hall–Kier alpha value is -1.53. The van der Waals surface area contributed by atoms with Gasteiger partial charge in [-0.15, -0.1) is 0 Å². The molecule has 1 saturated carbocycles. The summed E-state index contributed by atoms with van der Waals surface area (Å²) in [5, 5.41) is 12.1. The minimum absolute atomic E-state index is 0.346. The van der Waals surface area contributed by atoms with Crippen LogP contribution in [-0.4, -0.2) is 12.1 Å². The summed E-state index contributed by atoms with van der Waals surface area (Å²) in [5.41, 5.74) is 8.16. The Bertz CT molecular complexity index is 391. The zero-order chi connectivity index (χ0) is 12.1. The number of rotatable bonds is 3. The second kappa shape index (κ2) is 5.70.